The van der Waals surface area contributed by atoms with Gasteiger partial charge in [-0.05, 0) is 41.1 Å². The Bertz CT molecular complexity index is 859. The quantitative estimate of drug-likeness (QED) is 0.532. The molecule has 0 spiro atoms. The third-order valence-electron chi connectivity index (χ3n) is 5.22. The Morgan fingerprint density at radius 2 is 1.70 bits per heavy atom. The largest absolute Gasteiger partial charge is 0.573 e. The number of thiol groups is 1. The summed E-state index contributed by atoms with van der Waals surface area (Å²) in [6, 6.07) is 11.3. The lowest BCUT2D eigenvalue weighted by molar-refractivity contribution is -0.274. The summed E-state index contributed by atoms with van der Waals surface area (Å²) in [5, 5.41) is 30.0. The molecule has 9 heteroatoms. The molecule has 1 aliphatic heterocycles. The van der Waals surface area contributed by atoms with E-state index in [1.54, 1.807) is 30.3 Å². The topological polar surface area (TPSA) is 79.2 Å². The van der Waals surface area contributed by atoms with Gasteiger partial charge in [0.25, 0.3) is 0 Å². The van der Waals surface area contributed by atoms with E-state index in [2.05, 4.69) is 4.74 Å². The van der Waals surface area contributed by atoms with Crippen LogP contribution in [0.2, 0.25) is 0 Å². The van der Waals surface area contributed by atoms with Crippen LogP contribution >= 0.6 is 10.9 Å². The highest BCUT2D eigenvalue weighted by Crippen LogP contribution is 2.49. The molecule has 166 valence electrons. The molecule has 0 bridgehead atoms. The summed E-state index contributed by atoms with van der Waals surface area (Å²) in [5.74, 6) is 0.662. The number of hydrogen-bond acceptors (Lipinski definition) is 5. The number of alkyl halides is 3. The Kier molecular flexibility index (Phi) is 6.86. The zero-order valence-corrected chi connectivity index (χ0v) is 17.4. The van der Waals surface area contributed by atoms with Crippen LogP contribution in [-0.4, -0.2) is 59.1 Å². The van der Waals surface area contributed by atoms with Gasteiger partial charge in [-0.2, -0.15) is 0 Å². The number of aliphatic hydroxyl groups is 3. The Morgan fingerprint density at radius 3 is 2.30 bits per heavy atom. The summed E-state index contributed by atoms with van der Waals surface area (Å²) in [6.45, 7) is 0. The second-order valence-electron chi connectivity index (χ2n) is 7.37. The minimum atomic E-state index is -4.84. The molecule has 30 heavy (non-hydrogen) atoms. The fourth-order valence-corrected chi connectivity index (χ4v) is 6.15. The highest BCUT2D eigenvalue weighted by Gasteiger charge is 2.40. The second-order valence-corrected chi connectivity index (χ2v) is 9.81. The Morgan fingerprint density at radius 1 is 1.03 bits per heavy atom. The van der Waals surface area contributed by atoms with Crippen LogP contribution in [0.5, 0.6) is 11.5 Å². The lowest BCUT2D eigenvalue weighted by Gasteiger charge is -2.42. The fraction of sp³-hybridized carbons (Fsp3) is 0.429. The molecule has 0 aliphatic carbocycles. The number of benzene rings is 2. The van der Waals surface area contributed by atoms with Crippen LogP contribution in [0.4, 0.5) is 13.2 Å². The van der Waals surface area contributed by atoms with Gasteiger partial charge >= 0.3 is 6.36 Å². The average Bonchev–Trinajstić information content (AvgIpc) is 2.68. The van der Waals surface area contributed by atoms with E-state index < -0.39 is 40.8 Å². The molecule has 1 heterocycles. The lowest BCUT2D eigenvalue weighted by Crippen LogP contribution is -2.47. The summed E-state index contributed by atoms with van der Waals surface area (Å²) < 4.78 is 48.0. The summed E-state index contributed by atoms with van der Waals surface area (Å²) >= 11 is 0. The first-order valence-corrected chi connectivity index (χ1v) is 11.4. The molecule has 0 aromatic heterocycles. The summed E-state index contributed by atoms with van der Waals surface area (Å²) in [5.41, 5.74) is 1.68. The molecule has 1 aliphatic rings. The van der Waals surface area contributed by atoms with Crippen molar-refractivity contribution in [2.24, 2.45) is 0 Å². The molecule has 3 rings (SSSR count). The molecule has 3 N–H and O–H groups in total. The minimum absolute atomic E-state index is 0.179. The number of rotatable bonds is 5. The van der Waals surface area contributed by atoms with Gasteiger partial charge in [-0.3, -0.25) is 0 Å². The summed E-state index contributed by atoms with van der Waals surface area (Å²) in [4.78, 5) is 0. The predicted octanol–water partition coefficient (Wildman–Crippen LogP) is 2.95. The average molecular weight is 446 g/mol. The van der Waals surface area contributed by atoms with Crippen LogP contribution in [0.1, 0.15) is 21.9 Å². The monoisotopic (exact) mass is 446 g/mol. The zero-order chi connectivity index (χ0) is 22.1. The predicted molar refractivity (Wildman–Crippen MR) is 109 cm³/mol. The van der Waals surface area contributed by atoms with Crippen molar-refractivity contribution in [3.63, 3.8) is 0 Å². The van der Waals surface area contributed by atoms with E-state index in [0.717, 1.165) is 5.56 Å². The third kappa shape index (κ3) is 5.21. The smallest absolute Gasteiger partial charge is 0.497 e. The van der Waals surface area contributed by atoms with Crippen LogP contribution in [0.15, 0.2) is 42.5 Å². The molecule has 2 aromatic rings. The van der Waals surface area contributed by atoms with Crippen molar-refractivity contribution in [2.75, 3.05) is 19.1 Å². The van der Waals surface area contributed by atoms with Crippen molar-refractivity contribution in [3.8, 4) is 11.5 Å². The standard InChI is InChI=1S/C21H25F3O5S/c1-28-15-6-3-12(4-7-15)9-14-10-13(5-8-17(14)29-21(22,23)24)20-19(27)18(26)16(25)11-30(20)2/h3-8,10,16,18-20,25-27,30H,9,11H2,1-2H3/t16-,18-,19-,20+/m1/s1. The molecule has 1 fully saturated rings. The van der Waals surface area contributed by atoms with Gasteiger partial charge in [0, 0.05) is 17.4 Å². The van der Waals surface area contributed by atoms with Gasteiger partial charge < -0.3 is 24.8 Å². The molecule has 0 radical (unpaired) electrons. The van der Waals surface area contributed by atoms with Gasteiger partial charge in [-0.25, -0.2) is 10.9 Å². The second kappa shape index (κ2) is 9.05. The van der Waals surface area contributed by atoms with Gasteiger partial charge in [-0.1, -0.05) is 24.3 Å². The van der Waals surface area contributed by atoms with Gasteiger partial charge in [0.2, 0.25) is 0 Å². The normalized spacial score (nSPS) is 28.2. The van der Waals surface area contributed by atoms with Gasteiger partial charge in [0.15, 0.2) is 0 Å². The van der Waals surface area contributed by atoms with Crippen molar-refractivity contribution in [1.29, 1.82) is 0 Å². The van der Waals surface area contributed by atoms with Crippen molar-refractivity contribution in [2.45, 2.75) is 36.3 Å². The van der Waals surface area contributed by atoms with Gasteiger partial charge in [0.05, 0.1) is 19.3 Å². The first-order chi connectivity index (χ1) is 14.1. The maximum absolute atomic E-state index is 12.9. The van der Waals surface area contributed by atoms with E-state index in [4.69, 9.17) is 4.74 Å². The maximum Gasteiger partial charge on any atom is 0.573 e. The van der Waals surface area contributed by atoms with Crippen LogP contribution < -0.4 is 9.47 Å². The highest BCUT2D eigenvalue weighted by molar-refractivity contribution is 8.16. The third-order valence-corrected chi connectivity index (χ3v) is 7.73. The van der Waals surface area contributed by atoms with E-state index >= 15 is 0 Å². The van der Waals surface area contributed by atoms with Crippen LogP contribution in [0, 0.1) is 0 Å². The molecule has 1 unspecified atom stereocenters. The molecule has 0 amide bonds. The van der Waals surface area contributed by atoms with Gasteiger partial charge in [-0.15, -0.1) is 13.2 Å². The molecular weight excluding hydrogens is 421 g/mol. The summed E-state index contributed by atoms with van der Waals surface area (Å²) in [7, 11) is 0.634. The number of hydrogen-bond donors (Lipinski definition) is 4. The number of ether oxygens (including phenoxy) is 2. The van der Waals surface area contributed by atoms with E-state index in [9.17, 15) is 28.5 Å². The Balaban J connectivity index is 1.97. The van der Waals surface area contributed by atoms with E-state index in [-0.39, 0.29) is 12.2 Å². The first kappa shape index (κ1) is 22.7. The first-order valence-electron chi connectivity index (χ1n) is 9.35. The molecule has 0 saturated carbocycles. The zero-order valence-electron chi connectivity index (χ0n) is 16.5. The van der Waals surface area contributed by atoms with Crippen LogP contribution in [-0.2, 0) is 6.42 Å². The van der Waals surface area contributed by atoms with Crippen molar-refractivity contribution >= 4 is 10.9 Å². The molecule has 2 aromatic carbocycles. The van der Waals surface area contributed by atoms with Crippen LogP contribution in [0.25, 0.3) is 0 Å². The molecule has 1 saturated heterocycles. The lowest BCUT2D eigenvalue weighted by atomic mass is 9.96. The van der Waals surface area contributed by atoms with E-state index in [1.807, 2.05) is 6.26 Å². The molecule has 5 atom stereocenters. The molecular formula is C21H25F3O5S. The Labute approximate surface area is 175 Å². The van der Waals surface area contributed by atoms with E-state index in [1.165, 1.54) is 19.2 Å². The van der Waals surface area contributed by atoms with Crippen LogP contribution in [0.3, 0.4) is 0 Å². The van der Waals surface area contributed by atoms with Crippen molar-refractivity contribution < 1.29 is 38.0 Å². The van der Waals surface area contributed by atoms with Crippen molar-refractivity contribution in [3.05, 3.63) is 59.2 Å². The highest BCUT2D eigenvalue weighted by atomic mass is 32.2. The fourth-order valence-electron chi connectivity index (χ4n) is 3.75. The maximum atomic E-state index is 12.9. The minimum Gasteiger partial charge on any atom is -0.497 e. The van der Waals surface area contributed by atoms with Gasteiger partial charge in [0.1, 0.15) is 17.6 Å². The summed E-state index contributed by atoms with van der Waals surface area (Å²) in [6.07, 6.45) is -6.28. The van der Waals surface area contributed by atoms with Crippen molar-refractivity contribution in [1.82, 2.24) is 0 Å². The molecule has 5 nitrogen and oxygen atoms in total. The SMILES string of the molecule is COc1ccc(Cc2cc([C@H]3[C@H](O)[C@H](O)[C@H](O)C[SH]3C)ccc2OC(F)(F)F)cc1. The van der Waals surface area contributed by atoms with E-state index in [0.29, 0.717) is 22.6 Å². The number of halogens is 3. The number of methoxy groups -OCH3 is 1. The Hall–Kier alpha value is -1.94. The number of aliphatic hydroxyl groups excluding tert-OH is 3.